The van der Waals surface area contributed by atoms with E-state index in [2.05, 4.69) is 20.8 Å². The van der Waals surface area contributed by atoms with Crippen LogP contribution in [0.3, 0.4) is 0 Å². The maximum atomic E-state index is 11.9. The van der Waals surface area contributed by atoms with Crippen LogP contribution in [0.15, 0.2) is 48.5 Å². The van der Waals surface area contributed by atoms with Gasteiger partial charge in [0, 0.05) is 10.6 Å². The number of hydrogen-bond acceptors (Lipinski definition) is 4. The van der Waals surface area contributed by atoms with E-state index in [0.29, 0.717) is 16.3 Å². The summed E-state index contributed by atoms with van der Waals surface area (Å²) in [5.74, 6) is 0.201. The average molecular weight is 347 g/mol. The van der Waals surface area contributed by atoms with Crippen molar-refractivity contribution in [1.29, 1.82) is 0 Å². The first kappa shape index (κ1) is 18.5. The highest BCUT2D eigenvalue weighted by atomic mass is 35.5. The molecule has 0 radical (unpaired) electrons. The second-order valence-corrected chi connectivity index (χ2v) is 6.88. The molecular formula is C18H20BClO4. The van der Waals surface area contributed by atoms with Crippen molar-refractivity contribution in [3.63, 3.8) is 0 Å². The summed E-state index contributed by atoms with van der Waals surface area (Å²) in [7, 11) is -1.51. The van der Waals surface area contributed by atoms with E-state index in [-0.39, 0.29) is 17.8 Å². The maximum Gasteiger partial charge on any atom is 0.710 e. The Balaban J connectivity index is 1.85. The molecule has 1 N–H and O–H groups in total. The Labute approximate surface area is 147 Å². The molecule has 0 fully saturated rings. The van der Waals surface area contributed by atoms with Gasteiger partial charge in [0.05, 0.1) is 6.61 Å². The molecule has 2 aromatic rings. The molecule has 0 aliphatic carbocycles. The monoisotopic (exact) mass is 346 g/mol. The number of ketones is 1. The van der Waals surface area contributed by atoms with Crippen molar-refractivity contribution in [2.75, 3.05) is 6.61 Å². The van der Waals surface area contributed by atoms with Crippen LogP contribution >= 0.6 is 11.6 Å². The van der Waals surface area contributed by atoms with Gasteiger partial charge >= 0.3 is 7.32 Å². The zero-order valence-corrected chi connectivity index (χ0v) is 14.7. The van der Waals surface area contributed by atoms with Gasteiger partial charge < -0.3 is 14.3 Å². The fraction of sp³-hybridized carbons (Fsp3) is 0.278. The summed E-state index contributed by atoms with van der Waals surface area (Å²) in [5, 5.41) is 10.3. The summed E-state index contributed by atoms with van der Waals surface area (Å²) in [6.45, 7) is 6.05. The van der Waals surface area contributed by atoms with Gasteiger partial charge in [0.2, 0.25) is 0 Å². The molecule has 0 aliphatic heterocycles. The number of carbonyl (C=O) groups is 1. The van der Waals surface area contributed by atoms with Gasteiger partial charge in [-0.1, -0.05) is 44.5 Å². The summed E-state index contributed by atoms with van der Waals surface area (Å²) >= 11 is 5.77. The van der Waals surface area contributed by atoms with Gasteiger partial charge in [0.25, 0.3) is 0 Å². The van der Waals surface area contributed by atoms with Crippen molar-refractivity contribution >= 4 is 24.7 Å². The minimum absolute atomic E-state index is 0.0403. The first-order chi connectivity index (χ1) is 11.3. The van der Waals surface area contributed by atoms with Crippen molar-refractivity contribution < 1.29 is 19.1 Å². The van der Waals surface area contributed by atoms with E-state index in [9.17, 15) is 9.82 Å². The quantitative estimate of drug-likeness (QED) is 0.637. The van der Waals surface area contributed by atoms with E-state index in [0.717, 1.165) is 5.56 Å². The summed E-state index contributed by atoms with van der Waals surface area (Å²) < 4.78 is 10.3. The van der Waals surface area contributed by atoms with Gasteiger partial charge in [-0.05, 0) is 47.4 Å². The van der Waals surface area contributed by atoms with E-state index >= 15 is 0 Å². The average Bonchev–Trinajstić information content (AvgIpc) is 2.53. The minimum Gasteiger partial charge on any atom is -0.512 e. The van der Waals surface area contributed by atoms with Crippen molar-refractivity contribution in [1.82, 2.24) is 0 Å². The molecule has 0 aromatic heterocycles. The predicted octanol–water partition coefficient (Wildman–Crippen LogP) is 3.89. The molecule has 0 amide bonds. The molecule has 126 valence electrons. The van der Waals surface area contributed by atoms with E-state index in [1.165, 1.54) is 0 Å². The second kappa shape index (κ2) is 7.84. The van der Waals surface area contributed by atoms with Gasteiger partial charge in [-0.25, -0.2) is 0 Å². The molecule has 2 aromatic carbocycles. The molecule has 0 spiro atoms. The summed E-state index contributed by atoms with van der Waals surface area (Å²) in [6.07, 6.45) is 0. The molecule has 0 heterocycles. The summed E-state index contributed by atoms with van der Waals surface area (Å²) in [4.78, 5) is 11.9. The fourth-order valence-electron chi connectivity index (χ4n) is 2.05. The highest BCUT2D eigenvalue weighted by Crippen LogP contribution is 2.24. The molecule has 4 nitrogen and oxygen atoms in total. The summed E-state index contributed by atoms with van der Waals surface area (Å²) in [6, 6.07) is 13.8. The van der Waals surface area contributed by atoms with E-state index in [4.69, 9.17) is 20.9 Å². The smallest absolute Gasteiger partial charge is 0.512 e. The maximum absolute atomic E-state index is 11.9. The number of halogens is 1. The lowest BCUT2D eigenvalue weighted by atomic mass is 9.87. The first-order valence-corrected chi connectivity index (χ1v) is 7.99. The Kier molecular flexibility index (Phi) is 6.05. The van der Waals surface area contributed by atoms with Gasteiger partial charge in [-0.2, -0.15) is 0 Å². The topological polar surface area (TPSA) is 55.8 Å². The van der Waals surface area contributed by atoms with Crippen molar-refractivity contribution in [3.05, 3.63) is 64.7 Å². The lowest BCUT2D eigenvalue weighted by Crippen LogP contribution is -2.29. The SMILES string of the molecule is CC(C)(C)c1ccc(OB(O)OCC(=O)c2ccc(Cl)cc2)cc1. The van der Waals surface area contributed by atoms with E-state index in [1.54, 1.807) is 36.4 Å². The number of Topliss-reactive ketones (excluding diaryl/α,β-unsaturated/α-hetero) is 1. The predicted molar refractivity (Wildman–Crippen MR) is 95.5 cm³/mol. The lowest BCUT2D eigenvalue weighted by molar-refractivity contribution is 0.0874. The first-order valence-electron chi connectivity index (χ1n) is 7.61. The molecule has 0 saturated carbocycles. The molecular weight excluding hydrogens is 326 g/mol. The van der Waals surface area contributed by atoms with Crippen LogP contribution in [0.2, 0.25) is 5.02 Å². The zero-order valence-electron chi connectivity index (χ0n) is 14.0. The lowest BCUT2D eigenvalue weighted by Gasteiger charge is -2.19. The van der Waals surface area contributed by atoms with Crippen LogP contribution in [0, 0.1) is 0 Å². The third kappa shape index (κ3) is 5.37. The highest BCUT2D eigenvalue weighted by Gasteiger charge is 2.21. The van der Waals surface area contributed by atoms with Gasteiger partial charge in [0.15, 0.2) is 5.78 Å². The number of hydrogen-bond donors (Lipinski definition) is 1. The van der Waals surface area contributed by atoms with Gasteiger partial charge in [-0.15, -0.1) is 0 Å². The Morgan fingerprint density at radius 3 is 2.21 bits per heavy atom. The third-order valence-electron chi connectivity index (χ3n) is 3.48. The molecule has 24 heavy (non-hydrogen) atoms. The molecule has 0 aliphatic rings. The van der Waals surface area contributed by atoms with Crippen LogP contribution in [-0.4, -0.2) is 24.7 Å². The number of benzene rings is 2. The van der Waals surface area contributed by atoms with Crippen LogP contribution in [0.4, 0.5) is 0 Å². The summed E-state index contributed by atoms with van der Waals surface area (Å²) in [5.41, 5.74) is 1.66. The number of rotatable bonds is 6. The van der Waals surface area contributed by atoms with Crippen molar-refractivity contribution in [2.24, 2.45) is 0 Å². The Morgan fingerprint density at radius 2 is 1.67 bits per heavy atom. The van der Waals surface area contributed by atoms with E-state index in [1.807, 2.05) is 12.1 Å². The largest absolute Gasteiger partial charge is 0.710 e. The normalized spacial score (nSPS) is 11.2. The Bertz CT molecular complexity index is 678. The molecule has 2 rings (SSSR count). The highest BCUT2D eigenvalue weighted by molar-refractivity contribution is 6.36. The fourth-order valence-corrected chi connectivity index (χ4v) is 2.18. The molecule has 6 heteroatoms. The number of carbonyl (C=O) groups excluding carboxylic acids is 1. The Hall–Kier alpha value is -1.82. The molecule has 0 atom stereocenters. The van der Waals surface area contributed by atoms with Crippen molar-refractivity contribution in [2.45, 2.75) is 26.2 Å². The van der Waals surface area contributed by atoms with Gasteiger partial charge in [-0.3, -0.25) is 4.79 Å². The van der Waals surface area contributed by atoms with Crippen molar-refractivity contribution in [3.8, 4) is 5.75 Å². The molecule has 0 bridgehead atoms. The zero-order chi connectivity index (χ0) is 17.7. The second-order valence-electron chi connectivity index (χ2n) is 6.44. The standard InChI is InChI=1S/C18H20BClO4/c1-18(2,3)14-6-10-16(11-7-14)24-19(22)23-12-17(21)13-4-8-15(20)9-5-13/h4-11,22H,12H2,1-3H3. The molecule has 0 saturated heterocycles. The Morgan fingerprint density at radius 1 is 1.08 bits per heavy atom. The van der Waals surface area contributed by atoms with Crippen LogP contribution in [-0.2, 0) is 10.1 Å². The van der Waals surface area contributed by atoms with Gasteiger partial charge in [0.1, 0.15) is 5.75 Å². The van der Waals surface area contributed by atoms with Crippen LogP contribution in [0.25, 0.3) is 0 Å². The van der Waals surface area contributed by atoms with E-state index < -0.39 is 7.32 Å². The van der Waals surface area contributed by atoms with Crippen LogP contribution in [0.5, 0.6) is 5.75 Å². The van der Waals surface area contributed by atoms with Crippen LogP contribution in [0.1, 0.15) is 36.7 Å². The molecule has 0 unspecified atom stereocenters. The van der Waals surface area contributed by atoms with Crippen LogP contribution < -0.4 is 4.65 Å². The third-order valence-corrected chi connectivity index (χ3v) is 3.73. The minimum atomic E-state index is -1.51.